The monoisotopic (exact) mass is 290 g/mol. The zero-order chi connectivity index (χ0) is 14.8. The first kappa shape index (κ1) is 15.1. The fraction of sp³-hybridized carbons (Fsp3) is 0.571. The van der Waals surface area contributed by atoms with E-state index < -0.39 is 31.4 Å². The van der Waals surface area contributed by atoms with Crippen LogP contribution >= 0.6 is 0 Å². The fourth-order valence-electron chi connectivity index (χ4n) is 2.36. The average molecular weight is 290 g/mol. The molecule has 1 aromatic carbocycles. The summed E-state index contributed by atoms with van der Waals surface area (Å²) in [4.78, 5) is 0. The molecule has 0 saturated heterocycles. The Balaban J connectivity index is 2.01. The van der Waals surface area contributed by atoms with Gasteiger partial charge in [-0.15, -0.1) is 0 Å². The summed E-state index contributed by atoms with van der Waals surface area (Å²) in [6.07, 6.45) is -5.56. The van der Waals surface area contributed by atoms with Gasteiger partial charge >= 0.3 is 6.18 Å². The molecule has 0 aliphatic heterocycles. The molecule has 0 aromatic heterocycles. The van der Waals surface area contributed by atoms with Crippen molar-refractivity contribution in [3.8, 4) is 5.75 Å². The first-order valence-corrected chi connectivity index (χ1v) is 6.44. The SMILES string of the molecule is COc1ccc2c(c1)C(O)C(OCCC(F)(F)F)CC2. The molecule has 0 heterocycles. The number of ether oxygens (including phenoxy) is 2. The number of alkyl halides is 3. The Bertz CT molecular complexity index is 459. The van der Waals surface area contributed by atoms with E-state index in [1.807, 2.05) is 6.07 Å². The van der Waals surface area contributed by atoms with E-state index in [2.05, 4.69) is 0 Å². The van der Waals surface area contributed by atoms with Crippen LogP contribution in [0.3, 0.4) is 0 Å². The van der Waals surface area contributed by atoms with Crippen LogP contribution in [0.5, 0.6) is 5.75 Å². The van der Waals surface area contributed by atoms with Gasteiger partial charge in [0.1, 0.15) is 11.9 Å². The van der Waals surface area contributed by atoms with Crippen LogP contribution in [0.2, 0.25) is 0 Å². The molecule has 1 aliphatic rings. The van der Waals surface area contributed by atoms with E-state index in [1.54, 1.807) is 12.1 Å². The number of methoxy groups -OCH3 is 1. The zero-order valence-electron chi connectivity index (χ0n) is 11.1. The van der Waals surface area contributed by atoms with Gasteiger partial charge in [-0.2, -0.15) is 13.2 Å². The molecule has 0 bridgehead atoms. The predicted molar refractivity (Wildman–Crippen MR) is 66.7 cm³/mol. The molecule has 1 aromatic rings. The number of hydrogen-bond donors (Lipinski definition) is 1. The molecule has 2 rings (SSSR count). The molecule has 0 radical (unpaired) electrons. The van der Waals surface area contributed by atoms with Crippen molar-refractivity contribution in [1.29, 1.82) is 0 Å². The van der Waals surface area contributed by atoms with Crippen LogP contribution in [0, 0.1) is 0 Å². The van der Waals surface area contributed by atoms with Crippen LogP contribution in [-0.2, 0) is 11.2 Å². The maximum absolute atomic E-state index is 12.1. The zero-order valence-corrected chi connectivity index (χ0v) is 11.1. The van der Waals surface area contributed by atoms with Gasteiger partial charge in [-0.3, -0.25) is 0 Å². The summed E-state index contributed by atoms with van der Waals surface area (Å²) in [5.41, 5.74) is 1.65. The van der Waals surface area contributed by atoms with Crippen molar-refractivity contribution in [3.05, 3.63) is 29.3 Å². The van der Waals surface area contributed by atoms with Crippen LogP contribution in [0.15, 0.2) is 18.2 Å². The second-order valence-electron chi connectivity index (χ2n) is 4.82. The topological polar surface area (TPSA) is 38.7 Å². The molecule has 0 saturated carbocycles. The van der Waals surface area contributed by atoms with E-state index in [1.165, 1.54) is 7.11 Å². The molecular weight excluding hydrogens is 273 g/mol. The highest BCUT2D eigenvalue weighted by molar-refractivity contribution is 5.39. The lowest BCUT2D eigenvalue weighted by Crippen LogP contribution is -2.29. The van der Waals surface area contributed by atoms with Crippen molar-refractivity contribution < 1.29 is 27.8 Å². The standard InChI is InChI=1S/C14H17F3O3/c1-19-10-4-2-9-3-5-12(13(18)11(9)8-10)20-7-6-14(15,16)17/h2,4,8,12-13,18H,3,5-7H2,1H3. The van der Waals surface area contributed by atoms with Gasteiger partial charge in [0.25, 0.3) is 0 Å². The Morgan fingerprint density at radius 3 is 2.75 bits per heavy atom. The highest BCUT2D eigenvalue weighted by Crippen LogP contribution is 2.34. The first-order chi connectivity index (χ1) is 9.40. The normalized spacial score (nSPS) is 22.4. The third-order valence-electron chi connectivity index (χ3n) is 3.44. The minimum atomic E-state index is -4.24. The number of aryl methyl sites for hydroxylation is 1. The van der Waals surface area contributed by atoms with Gasteiger partial charge in [0.05, 0.1) is 26.2 Å². The van der Waals surface area contributed by atoms with E-state index in [0.29, 0.717) is 24.2 Å². The lowest BCUT2D eigenvalue weighted by atomic mass is 9.87. The number of fused-ring (bicyclic) bond motifs is 1. The van der Waals surface area contributed by atoms with Crippen LogP contribution in [0.4, 0.5) is 13.2 Å². The Hall–Kier alpha value is -1.27. The molecule has 1 aliphatic carbocycles. The summed E-state index contributed by atoms with van der Waals surface area (Å²) >= 11 is 0. The highest BCUT2D eigenvalue weighted by atomic mass is 19.4. The fourth-order valence-corrected chi connectivity index (χ4v) is 2.36. The molecule has 20 heavy (non-hydrogen) atoms. The summed E-state index contributed by atoms with van der Waals surface area (Å²) in [6, 6.07) is 5.37. The van der Waals surface area contributed by atoms with E-state index in [-0.39, 0.29) is 0 Å². The van der Waals surface area contributed by atoms with E-state index in [0.717, 1.165) is 5.56 Å². The van der Waals surface area contributed by atoms with Gasteiger partial charge < -0.3 is 14.6 Å². The second kappa shape index (κ2) is 6.01. The van der Waals surface area contributed by atoms with E-state index in [4.69, 9.17) is 9.47 Å². The molecule has 2 unspecified atom stereocenters. The van der Waals surface area contributed by atoms with Crippen LogP contribution < -0.4 is 4.74 Å². The number of aliphatic hydroxyl groups excluding tert-OH is 1. The van der Waals surface area contributed by atoms with Crippen molar-refractivity contribution in [3.63, 3.8) is 0 Å². The van der Waals surface area contributed by atoms with Crippen LogP contribution in [-0.4, -0.2) is 31.1 Å². The van der Waals surface area contributed by atoms with Gasteiger partial charge in [0.15, 0.2) is 0 Å². The summed E-state index contributed by atoms with van der Waals surface area (Å²) < 4.78 is 46.5. The quantitative estimate of drug-likeness (QED) is 0.926. The minimum absolute atomic E-state index is 0.426. The number of halogens is 3. The number of benzene rings is 1. The van der Waals surface area contributed by atoms with Crippen molar-refractivity contribution in [2.45, 2.75) is 37.6 Å². The highest BCUT2D eigenvalue weighted by Gasteiger charge is 2.31. The van der Waals surface area contributed by atoms with Gasteiger partial charge in [0, 0.05) is 0 Å². The molecule has 3 nitrogen and oxygen atoms in total. The number of aliphatic hydroxyl groups is 1. The summed E-state index contributed by atoms with van der Waals surface area (Å²) in [5.74, 6) is 0.610. The molecular formula is C14H17F3O3. The number of hydrogen-bond acceptors (Lipinski definition) is 3. The van der Waals surface area contributed by atoms with Gasteiger partial charge in [-0.25, -0.2) is 0 Å². The third kappa shape index (κ3) is 3.64. The average Bonchev–Trinajstić information content (AvgIpc) is 2.40. The summed E-state index contributed by atoms with van der Waals surface area (Å²) in [5, 5.41) is 10.2. The van der Waals surface area contributed by atoms with E-state index in [9.17, 15) is 18.3 Å². The van der Waals surface area contributed by atoms with Gasteiger partial charge in [-0.05, 0) is 36.1 Å². The van der Waals surface area contributed by atoms with Crippen molar-refractivity contribution >= 4 is 0 Å². The summed E-state index contributed by atoms with van der Waals surface area (Å²) in [6.45, 7) is -0.426. The lowest BCUT2D eigenvalue weighted by Gasteiger charge is -2.30. The Morgan fingerprint density at radius 1 is 1.35 bits per heavy atom. The largest absolute Gasteiger partial charge is 0.497 e. The predicted octanol–water partition coefficient (Wildman–Crippen LogP) is 3.01. The van der Waals surface area contributed by atoms with Gasteiger partial charge in [0.2, 0.25) is 0 Å². The Kier molecular flexibility index (Phi) is 4.55. The van der Waals surface area contributed by atoms with Crippen molar-refractivity contribution in [2.75, 3.05) is 13.7 Å². The molecule has 1 N–H and O–H groups in total. The van der Waals surface area contributed by atoms with E-state index >= 15 is 0 Å². The number of rotatable bonds is 4. The summed E-state index contributed by atoms with van der Waals surface area (Å²) in [7, 11) is 1.52. The molecule has 0 amide bonds. The molecule has 0 fully saturated rings. The van der Waals surface area contributed by atoms with Crippen molar-refractivity contribution in [2.24, 2.45) is 0 Å². The molecule has 0 spiro atoms. The van der Waals surface area contributed by atoms with Crippen molar-refractivity contribution in [1.82, 2.24) is 0 Å². The minimum Gasteiger partial charge on any atom is -0.497 e. The Labute approximate surface area is 115 Å². The molecule has 6 heteroatoms. The second-order valence-corrected chi connectivity index (χ2v) is 4.82. The first-order valence-electron chi connectivity index (χ1n) is 6.44. The lowest BCUT2D eigenvalue weighted by molar-refractivity contribution is -0.155. The van der Waals surface area contributed by atoms with Crippen LogP contribution in [0.1, 0.15) is 30.1 Å². The maximum atomic E-state index is 12.1. The smallest absolute Gasteiger partial charge is 0.391 e. The molecule has 112 valence electrons. The maximum Gasteiger partial charge on any atom is 0.391 e. The Morgan fingerprint density at radius 2 is 2.10 bits per heavy atom. The third-order valence-corrected chi connectivity index (χ3v) is 3.44. The van der Waals surface area contributed by atoms with Crippen LogP contribution in [0.25, 0.3) is 0 Å². The molecule has 2 atom stereocenters. The van der Waals surface area contributed by atoms with Gasteiger partial charge in [-0.1, -0.05) is 6.07 Å².